The molecule has 1 rings (SSSR count). The number of nitrogen functional groups attached to an aromatic ring is 1. The van der Waals surface area contributed by atoms with Gasteiger partial charge in [0.2, 0.25) is 0 Å². The molecule has 0 radical (unpaired) electrons. The molecule has 0 bridgehead atoms. The Kier molecular flexibility index (Phi) is 4.98. The number of anilines is 2. The highest BCUT2D eigenvalue weighted by Crippen LogP contribution is 2.05. The summed E-state index contributed by atoms with van der Waals surface area (Å²) < 4.78 is 0. The summed E-state index contributed by atoms with van der Waals surface area (Å²) in [5, 5.41) is 3.29. The van der Waals surface area contributed by atoms with Crippen LogP contribution in [-0.2, 0) is 0 Å². The van der Waals surface area contributed by atoms with Gasteiger partial charge in [0.1, 0.15) is 11.6 Å². The third kappa shape index (κ3) is 4.02. The number of hydrogen-bond donors (Lipinski definition) is 2. The summed E-state index contributed by atoms with van der Waals surface area (Å²) in [6, 6.07) is 0.330. The number of hydrogen-bond acceptors (Lipinski definition) is 5. The van der Waals surface area contributed by atoms with E-state index in [1.807, 2.05) is 0 Å². The van der Waals surface area contributed by atoms with Gasteiger partial charge < -0.3 is 16.0 Å². The first-order chi connectivity index (χ1) is 7.65. The Labute approximate surface area is 97.1 Å². The van der Waals surface area contributed by atoms with Crippen molar-refractivity contribution >= 4 is 11.6 Å². The van der Waals surface area contributed by atoms with E-state index in [9.17, 15) is 0 Å². The summed E-state index contributed by atoms with van der Waals surface area (Å²) in [6.45, 7) is 9.57. The van der Waals surface area contributed by atoms with Crippen LogP contribution in [0.25, 0.3) is 0 Å². The Hall–Kier alpha value is -1.36. The second-order valence-corrected chi connectivity index (χ2v) is 3.86. The quantitative estimate of drug-likeness (QED) is 0.758. The zero-order chi connectivity index (χ0) is 12.0. The van der Waals surface area contributed by atoms with Gasteiger partial charge in [-0.1, -0.05) is 13.8 Å². The maximum absolute atomic E-state index is 5.56. The van der Waals surface area contributed by atoms with Crippen molar-refractivity contribution in [1.29, 1.82) is 0 Å². The molecule has 90 valence electrons. The third-order valence-electron chi connectivity index (χ3n) is 2.47. The van der Waals surface area contributed by atoms with Crippen LogP contribution in [0.4, 0.5) is 11.6 Å². The molecule has 0 spiro atoms. The molecule has 0 amide bonds. The first-order valence-corrected chi connectivity index (χ1v) is 5.72. The third-order valence-corrected chi connectivity index (χ3v) is 2.47. The van der Waals surface area contributed by atoms with E-state index in [0.29, 0.717) is 11.9 Å². The minimum Gasteiger partial charge on any atom is -0.382 e. The summed E-state index contributed by atoms with van der Waals surface area (Å²) in [6.07, 6.45) is 3.23. The molecule has 3 N–H and O–H groups in total. The van der Waals surface area contributed by atoms with Gasteiger partial charge in [0.15, 0.2) is 0 Å². The van der Waals surface area contributed by atoms with E-state index < -0.39 is 0 Å². The lowest BCUT2D eigenvalue weighted by molar-refractivity contribution is 0.294. The van der Waals surface area contributed by atoms with Crippen LogP contribution in [0.5, 0.6) is 0 Å². The summed E-state index contributed by atoms with van der Waals surface area (Å²) in [7, 11) is 0. The smallest absolute Gasteiger partial charge is 0.147 e. The predicted octanol–water partition coefficient (Wildman–Crippen LogP) is 1.20. The molecule has 1 heterocycles. The van der Waals surface area contributed by atoms with E-state index in [1.165, 1.54) is 0 Å². The van der Waals surface area contributed by atoms with Gasteiger partial charge in [0.05, 0.1) is 12.4 Å². The predicted molar refractivity (Wildman–Crippen MR) is 67.3 cm³/mol. The summed E-state index contributed by atoms with van der Waals surface area (Å²) >= 11 is 0. The highest BCUT2D eigenvalue weighted by Gasteiger charge is 2.07. The number of nitrogens with one attached hydrogen (secondary N) is 1. The van der Waals surface area contributed by atoms with Gasteiger partial charge in [-0.15, -0.1) is 0 Å². The molecule has 0 aromatic carbocycles. The molecule has 0 aliphatic carbocycles. The van der Waals surface area contributed by atoms with Gasteiger partial charge in [-0.2, -0.15) is 0 Å². The number of nitrogens with zero attached hydrogens (tertiary/aromatic N) is 3. The fourth-order valence-corrected chi connectivity index (χ4v) is 1.62. The van der Waals surface area contributed by atoms with E-state index >= 15 is 0 Å². The van der Waals surface area contributed by atoms with Crippen molar-refractivity contribution < 1.29 is 0 Å². The zero-order valence-corrected chi connectivity index (χ0v) is 10.3. The van der Waals surface area contributed by atoms with Crippen molar-refractivity contribution in [3.05, 3.63) is 12.4 Å². The maximum Gasteiger partial charge on any atom is 0.147 e. The molecule has 1 aromatic heterocycles. The maximum atomic E-state index is 5.56. The second kappa shape index (κ2) is 6.27. The molecule has 5 heteroatoms. The number of nitrogens with two attached hydrogens (primary N) is 1. The lowest BCUT2D eigenvalue weighted by Crippen LogP contribution is -2.35. The van der Waals surface area contributed by atoms with Crippen LogP contribution >= 0.6 is 0 Å². The molecule has 5 nitrogen and oxygen atoms in total. The van der Waals surface area contributed by atoms with E-state index in [2.05, 4.69) is 41.0 Å². The van der Waals surface area contributed by atoms with Crippen LogP contribution < -0.4 is 11.1 Å². The highest BCUT2D eigenvalue weighted by atomic mass is 15.2. The molecule has 0 fully saturated rings. The molecule has 16 heavy (non-hydrogen) atoms. The van der Waals surface area contributed by atoms with E-state index in [4.69, 9.17) is 5.73 Å². The van der Waals surface area contributed by atoms with Crippen molar-refractivity contribution in [2.75, 3.05) is 30.7 Å². The summed E-state index contributed by atoms with van der Waals surface area (Å²) in [4.78, 5) is 10.5. The van der Waals surface area contributed by atoms with Crippen LogP contribution in [0.3, 0.4) is 0 Å². The lowest BCUT2D eigenvalue weighted by atomic mass is 10.3. The van der Waals surface area contributed by atoms with Crippen molar-refractivity contribution in [2.45, 2.75) is 26.8 Å². The first-order valence-electron chi connectivity index (χ1n) is 5.72. The van der Waals surface area contributed by atoms with E-state index in [-0.39, 0.29) is 0 Å². The van der Waals surface area contributed by atoms with Crippen LogP contribution in [0, 0.1) is 0 Å². The minimum atomic E-state index is 0.330. The Balaban J connectivity index is 2.47. The van der Waals surface area contributed by atoms with Gasteiger partial charge >= 0.3 is 0 Å². The van der Waals surface area contributed by atoms with Gasteiger partial charge in [0.25, 0.3) is 0 Å². The van der Waals surface area contributed by atoms with Gasteiger partial charge in [-0.05, 0) is 20.0 Å². The van der Waals surface area contributed by atoms with Gasteiger partial charge in [-0.3, -0.25) is 4.98 Å². The molecule has 1 atom stereocenters. The Morgan fingerprint density at radius 3 is 2.62 bits per heavy atom. The van der Waals surface area contributed by atoms with Crippen molar-refractivity contribution in [1.82, 2.24) is 14.9 Å². The Morgan fingerprint density at radius 2 is 2.06 bits per heavy atom. The first kappa shape index (κ1) is 12.7. The largest absolute Gasteiger partial charge is 0.382 e. The molecule has 0 aliphatic rings. The Morgan fingerprint density at radius 1 is 1.38 bits per heavy atom. The van der Waals surface area contributed by atoms with E-state index in [1.54, 1.807) is 12.4 Å². The lowest BCUT2D eigenvalue weighted by Gasteiger charge is -2.23. The average Bonchev–Trinajstić information content (AvgIpc) is 2.26. The SMILES string of the molecule is CCN(CC)CC(C)Nc1cncc(N)n1. The number of aromatic nitrogens is 2. The van der Waals surface area contributed by atoms with Crippen LogP contribution in [-0.4, -0.2) is 40.5 Å². The van der Waals surface area contributed by atoms with Crippen molar-refractivity contribution in [3.8, 4) is 0 Å². The fourth-order valence-electron chi connectivity index (χ4n) is 1.62. The number of rotatable bonds is 6. The molecule has 0 aliphatic heterocycles. The Bertz CT molecular complexity index is 311. The molecule has 1 unspecified atom stereocenters. The van der Waals surface area contributed by atoms with Crippen LogP contribution in [0.15, 0.2) is 12.4 Å². The monoisotopic (exact) mass is 223 g/mol. The standard InChI is InChI=1S/C11H21N5/c1-4-16(5-2)8-9(3)14-11-7-13-6-10(12)15-11/h6-7,9H,4-5,8H2,1-3H3,(H3,12,14,15). The molecule has 0 saturated carbocycles. The molecule has 1 aromatic rings. The normalized spacial score (nSPS) is 12.8. The number of likely N-dealkylation sites (N-methyl/N-ethyl adjacent to an activating group) is 1. The topological polar surface area (TPSA) is 67.1 Å². The molecular formula is C11H21N5. The zero-order valence-electron chi connectivity index (χ0n) is 10.3. The van der Waals surface area contributed by atoms with Crippen molar-refractivity contribution in [2.24, 2.45) is 0 Å². The van der Waals surface area contributed by atoms with Gasteiger partial charge in [0, 0.05) is 12.6 Å². The highest BCUT2D eigenvalue weighted by molar-refractivity contribution is 5.38. The minimum absolute atomic E-state index is 0.330. The van der Waals surface area contributed by atoms with E-state index in [0.717, 1.165) is 25.5 Å². The fraction of sp³-hybridized carbons (Fsp3) is 0.636. The average molecular weight is 223 g/mol. The molecular weight excluding hydrogens is 202 g/mol. The van der Waals surface area contributed by atoms with Crippen LogP contribution in [0.1, 0.15) is 20.8 Å². The van der Waals surface area contributed by atoms with Crippen LogP contribution in [0.2, 0.25) is 0 Å². The summed E-state index contributed by atoms with van der Waals surface area (Å²) in [5.41, 5.74) is 5.56. The van der Waals surface area contributed by atoms with Gasteiger partial charge in [-0.25, -0.2) is 4.98 Å². The second-order valence-electron chi connectivity index (χ2n) is 3.86. The summed E-state index contributed by atoms with van der Waals surface area (Å²) in [5.74, 6) is 1.18. The molecule has 0 saturated heterocycles. The van der Waals surface area contributed by atoms with Crippen molar-refractivity contribution in [3.63, 3.8) is 0 Å².